The van der Waals surface area contributed by atoms with Crippen LogP contribution in [0.4, 0.5) is 11.8 Å². The third-order valence-corrected chi connectivity index (χ3v) is 1.89. The summed E-state index contributed by atoms with van der Waals surface area (Å²) in [5.74, 6) is -0.282. The van der Waals surface area contributed by atoms with Gasteiger partial charge in [-0.05, 0) is 19.3 Å². The highest BCUT2D eigenvalue weighted by atomic mass is 16.4. The largest absolute Gasteiger partial charge is 0.481 e. The Hall–Kier alpha value is -1.85. The van der Waals surface area contributed by atoms with Crippen LogP contribution >= 0.6 is 0 Å². The molecule has 1 aromatic heterocycles. The second-order valence-corrected chi connectivity index (χ2v) is 3.24. The van der Waals surface area contributed by atoms with Crippen molar-refractivity contribution in [2.24, 2.45) is 0 Å². The summed E-state index contributed by atoms with van der Waals surface area (Å²) in [6, 6.07) is 1.65. The van der Waals surface area contributed by atoms with Crippen LogP contribution in [0.25, 0.3) is 0 Å². The van der Waals surface area contributed by atoms with E-state index in [2.05, 4.69) is 9.97 Å². The standard InChI is InChI=1S/C9H14N4O2/c10-7-5-6(12-9(11)13-7)3-1-2-4-8(14)15/h5H,1-4H2,(H,14,15)(H4,10,11,12,13). The smallest absolute Gasteiger partial charge is 0.303 e. The van der Waals surface area contributed by atoms with E-state index < -0.39 is 5.97 Å². The lowest BCUT2D eigenvalue weighted by Crippen LogP contribution is -2.03. The Bertz CT molecular complexity index is 334. The normalized spacial score (nSPS) is 10.1. The Kier molecular flexibility index (Phi) is 3.84. The number of nitrogens with two attached hydrogens (primary N) is 2. The van der Waals surface area contributed by atoms with Crippen LogP contribution in [-0.2, 0) is 11.2 Å². The SMILES string of the molecule is Nc1cc(CCCCC(=O)O)nc(N)n1. The number of carboxylic acids is 1. The Labute approximate surface area is 87.3 Å². The molecule has 15 heavy (non-hydrogen) atoms. The first-order valence-electron chi connectivity index (χ1n) is 4.68. The van der Waals surface area contributed by atoms with Gasteiger partial charge in [0.25, 0.3) is 0 Å². The first kappa shape index (κ1) is 11.2. The third kappa shape index (κ3) is 4.26. The molecule has 0 bridgehead atoms. The number of hydrogen-bond acceptors (Lipinski definition) is 5. The van der Waals surface area contributed by atoms with Crippen LogP contribution in [0.1, 0.15) is 25.0 Å². The molecule has 0 aliphatic rings. The number of nitrogens with zero attached hydrogens (tertiary/aromatic N) is 2. The van der Waals surface area contributed by atoms with E-state index in [9.17, 15) is 4.79 Å². The summed E-state index contributed by atoms with van der Waals surface area (Å²) in [4.78, 5) is 18.0. The van der Waals surface area contributed by atoms with E-state index >= 15 is 0 Å². The number of hydrogen-bond donors (Lipinski definition) is 3. The number of carboxylic acid groups (broad SMARTS) is 1. The van der Waals surface area contributed by atoms with Gasteiger partial charge in [-0.1, -0.05) is 0 Å². The number of carbonyl (C=O) groups is 1. The molecule has 0 saturated carbocycles. The number of anilines is 2. The average molecular weight is 210 g/mol. The third-order valence-electron chi connectivity index (χ3n) is 1.89. The molecule has 0 atom stereocenters. The molecular weight excluding hydrogens is 196 g/mol. The fraction of sp³-hybridized carbons (Fsp3) is 0.444. The van der Waals surface area contributed by atoms with Gasteiger partial charge < -0.3 is 16.6 Å². The van der Waals surface area contributed by atoms with Crippen molar-refractivity contribution in [3.05, 3.63) is 11.8 Å². The molecule has 0 unspecified atom stereocenters. The summed E-state index contributed by atoms with van der Waals surface area (Å²) >= 11 is 0. The summed E-state index contributed by atoms with van der Waals surface area (Å²) in [5.41, 5.74) is 11.7. The van der Waals surface area contributed by atoms with Gasteiger partial charge in [-0.25, -0.2) is 4.98 Å². The highest BCUT2D eigenvalue weighted by Gasteiger charge is 2.01. The highest BCUT2D eigenvalue weighted by molar-refractivity contribution is 5.66. The predicted molar refractivity (Wildman–Crippen MR) is 56.0 cm³/mol. The lowest BCUT2D eigenvalue weighted by atomic mass is 10.1. The van der Waals surface area contributed by atoms with Crippen LogP contribution < -0.4 is 11.5 Å². The molecule has 1 aromatic rings. The van der Waals surface area contributed by atoms with E-state index in [0.717, 1.165) is 12.1 Å². The zero-order valence-electron chi connectivity index (χ0n) is 8.31. The first-order valence-corrected chi connectivity index (χ1v) is 4.68. The van der Waals surface area contributed by atoms with E-state index in [1.54, 1.807) is 6.07 Å². The maximum Gasteiger partial charge on any atom is 0.303 e. The van der Waals surface area contributed by atoms with Crippen molar-refractivity contribution in [3.63, 3.8) is 0 Å². The molecule has 1 rings (SSSR count). The summed E-state index contributed by atoms with van der Waals surface area (Å²) in [6.07, 6.45) is 2.22. The van der Waals surface area contributed by atoms with Crippen LogP contribution in [0, 0.1) is 0 Å². The molecule has 0 aliphatic carbocycles. The summed E-state index contributed by atoms with van der Waals surface area (Å²) in [6.45, 7) is 0. The van der Waals surface area contributed by atoms with Crippen molar-refractivity contribution in [3.8, 4) is 0 Å². The van der Waals surface area contributed by atoms with Crippen molar-refractivity contribution in [1.82, 2.24) is 9.97 Å². The van der Waals surface area contributed by atoms with Gasteiger partial charge in [-0.15, -0.1) is 0 Å². The van der Waals surface area contributed by atoms with Gasteiger partial charge in [0.1, 0.15) is 5.82 Å². The van der Waals surface area contributed by atoms with Crippen molar-refractivity contribution in [2.45, 2.75) is 25.7 Å². The van der Waals surface area contributed by atoms with E-state index in [4.69, 9.17) is 16.6 Å². The van der Waals surface area contributed by atoms with Crippen LogP contribution in [0.2, 0.25) is 0 Å². The van der Waals surface area contributed by atoms with Gasteiger partial charge in [0.2, 0.25) is 5.95 Å². The molecule has 0 aromatic carbocycles. The Balaban J connectivity index is 2.40. The topological polar surface area (TPSA) is 115 Å². The summed E-state index contributed by atoms with van der Waals surface area (Å²) in [5, 5.41) is 8.43. The fourth-order valence-corrected chi connectivity index (χ4v) is 1.25. The van der Waals surface area contributed by atoms with Crippen LogP contribution in [0.3, 0.4) is 0 Å². The minimum absolute atomic E-state index is 0.156. The predicted octanol–water partition coefficient (Wildman–Crippen LogP) is 0.438. The van der Waals surface area contributed by atoms with Crippen molar-refractivity contribution in [2.75, 3.05) is 11.5 Å². The van der Waals surface area contributed by atoms with Crippen LogP contribution in [0.5, 0.6) is 0 Å². The van der Waals surface area contributed by atoms with Crippen molar-refractivity contribution < 1.29 is 9.90 Å². The molecule has 0 aliphatic heterocycles. The molecule has 6 heteroatoms. The quantitative estimate of drug-likeness (QED) is 0.607. The molecule has 0 amide bonds. The Morgan fingerprint density at radius 2 is 2.07 bits per heavy atom. The maximum atomic E-state index is 10.3. The molecule has 0 fully saturated rings. The lowest BCUT2D eigenvalue weighted by Gasteiger charge is -2.02. The maximum absolute atomic E-state index is 10.3. The number of nitrogen functional groups attached to an aromatic ring is 2. The van der Waals surface area contributed by atoms with Crippen LogP contribution in [0.15, 0.2) is 6.07 Å². The van der Waals surface area contributed by atoms with E-state index in [1.165, 1.54) is 0 Å². The number of unbranched alkanes of at least 4 members (excludes halogenated alkanes) is 1. The number of rotatable bonds is 5. The zero-order valence-corrected chi connectivity index (χ0v) is 8.31. The van der Waals surface area contributed by atoms with Gasteiger partial charge in [0.05, 0.1) is 0 Å². The molecular formula is C9H14N4O2. The minimum Gasteiger partial charge on any atom is -0.481 e. The lowest BCUT2D eigenvalue weighted by molar-refractivity contribution is -0.137. The van der Waals surface area contributed by atoms with Gasteiger partial charge in [0.15, 0.2) is 0 Å². The second-order valence-electron chi connectivity index (χ2n) is 3.24. The molecule has 0 saturated heterocycles. The van der Waals surface area contributed by atoms with Gasteiger partial charge in [-0.3, -0.25) is 4.79 Å². The summed E-state index contributed by atoms with van der Waals surface area (Å²) < 4.78 is 0. The van der Waals surface area contributed by atoms with E-state index in [1.807, 2.05) is 0 Å². The molecule has 6 nitrogen and oxygen atoms in total. The van der Waals surface area contributed by atoms with Gasteiger partial charge in [-0.2, -0.15) is 4.98 Å². The van der Waals surface area contributed by atoms with Crippen molar-refractivity contribution in [1.29, 1.82) is 0 Å². The van der Waals surface area contributed by atoms with Gasteiger partial charge in [0, 0.05) is 18.2 Å². The fourth-order valence-electron chi connectivity index (χ4n) is 1.25. The van der Waals surface area contributed by atoms with Crippen molar-refractivity contribution >= 4 is 17.7 Å². The molecule has 0 spiro atoms. The number of aryl methyl sites for hydroxylation is 1. The summed E-state index contributed by atoms with van der Waals surface area (Å²) in [7, 11) is 0. The number of aliphatic carboxylic acids is 1. The Morgan fingerprint density at radius 1 is 1.33 bits per heavy atom. The Morgan fingerprint density at radius 3 is 2.67 bits per heavy atom. The zero-order chi connectivity index (χ0) is 11.3. The number of aromatic nitrogens is 2. The van der Waals surface area contributed by atoms with E-state index in [-0.39, 0.29) is 12.4 Å². The second kappa shape index (κ2) is 5.14. The minimum atomic E-state index is -0.781. The highest BCUT2D eigenvalue weighted by Crippen LogP contribution is 2.08. The molecule has 0 radical (unpaired) electrons. The van der Waals surface area contributed by atoms with Crippen LogP contribution in [-0.4, -0.2) is 21.0 Å². The average Bonchev–Trinajstić information content (AvgIpc) is 2.10. The van der Waals surface area contributed by atoms with Gasteiger partial charge >= 0.3 is 5.97 Å². The first-order chi connectivity index (χ1) is 7.08. The monoisotopic (exact) mass is 210 g/mol. The molecule has 82 valence electrons. The molecule has 1 heterocycles. The van der Waals surface area contributed by atoms with E-state index in [0.29, 0.717) is 18.7 Å². The molecule has 5 N–H and O–H groups in total.